The molecule has 0 aromatic heterocycles. The van der Waals surface area contributed by atoms with Crippen LogP contribution in [0.15, 0.2) is 48.5 Å². The lowest BCUT2D eigenvalue weighted by Crippen LogP contribution is -2.50. The number of hydrogen-bond acceptors (Lipinski definition) is 1. The van der Waals surface area contributed by atoms with Gasteiger partial charge < -0.3 is 5.11 Å². The number of benzene rings is 2. The molecule has 1 fully saturated rings. The average molecular weight is 329 g/mol. The molecule has 0 bridgehead atoms. The van der Waals surface area contributed by atoms with E-state index in [9.17, 15) is 5.11 Å². The molecule has 2 aliphatic rings. The van der Waals surface area contributed by atoms with Crippen LogP contribution in [0.5, 0.6) is 0 Å². The van der Waals surface area contributed by atoms with Gasteiger partial charge in [-0.3, -0.25) is 0 Å². The van der Waals surface area contributed by atoms with E-state index in [1.807, 2.05) is 6.92 Å². The molecule has 2 aliphatic carbocycles. The summed E-state index contributed by atoms with van der Waals surface area (Å²) in [7, 11) is 0. The molecule has 0 spiro atoms. The van der Waals surface area contributed by atoms with Crippen LogP contribution in [0, 0.1) is 23.8 Å². The van der Waals surface area contributed by atoms with Crippen LogP contribution in [0.3, 0.4) is 0 Å². The highest BCUT2D eigenvalue weighted by molar-refractivity contribution is 5.41. The zero-order chi connectivity index (χ0) is 17.3. The first-order valence-electron chi connectivity index (χ1n) is 9.35. The number of aryl methyl sites for hydroxylation is 1. The summed E-state index contributed by atoms with van der Waals surface area (Å²) in [5.41, 5.74) is 3.63. The largest absolute Gasteiger partial charge is 0.378 e. The van der Waals surface area contributed by atoms with Crippen LogP contribution < -0.4 is 0 Å². The maximum Gasteiger partial charge on any atom is 0.125 e. The Bertz CT molecular complexity index is 813. The first-order chi connectivity index (χ1) is 12.2. The number of hydrogen-bond donors (Lipinski definition) is 1. The molecule has 2 aromatic rings. The van der Waals surface area contributed by atoms with Crippen molar-refractivity contribution in [3.05, 3.63) is 71.3 Å². The van der Waals surface area contributed by atoms with Gasteiger partial charge in [-0.05, 0) is 74.1 Å². The molecule has 1 radical (unpaired) electrons. The van der Waals surface area contributed by atoms with E-state index in [1.165, 1.54) is 16.7 Å². The number of fused-ring (bicyclic) bond motifs is 3. The van der Waals surface area contributed by atoms with Crippen molar-refractivity contribution in [3.8, 4) is 11.8 Å². The minimum atomic E-state index is -0.808. The Balaban J connectivity index is 1.78. The smallest absolute Gasteiger partial charge is 0.125 e. The van der Waals surface area contributed by atoms with Gasteiger partial charge in [0.05, 0.1) is 0 Å². The summed E-state index contributed by atoms with van der Waals surface area (Å²) in [5, 5.41) is 11.0. The van der Waals surface area contributed by atoms with Crippen molar-refractivity contribution < 1.29 is 5.11 Å². The van der Waals surface area contributed by atoms with E-state index in [2.05, 4.69) is 66.4 Å². The fourth-order valence-corrected chi connectivity index (χ4v) is 5.19. The molecule has 1 N–H and O–H groups in total. The Morgan fingerprint density at radius 1 is 1.20 bits per heavy atom. The second-order valence-electron chi connectivity index (χ2n) is 7.75. The minimum Gasteiger partial charge on any atom is -0.378 e. The molecule has 0 saturated heterocycles. The zero-order valence-corrected chi connectivity index (χ0v) is 14.9. The quantitative estimate of drug-likeness (QED) is 0.806. The summed E-state index contributed by atoms with van der Waals surface area (Å²) < 4.78 is 0. The van der Waals surface area contributed by atoms with Crippen molar-refractivity contribution in [2.24, 2.45) is 5.92 Å². The van der Waals surface area contributed by atoms with Crippen molar-refractivity contribution in [2.75, 3.05) is 0 Å². The Morgan fingerprint density at radius 2 is 2.04 bits per heavy atom. The predicted molar refractivity (Wildman–Crippen MR) is 101 cm³/mol. The van der Waals surface area contributed by atoms with E-state index in [-0.39, 0.29) is 5.41 Å². The monoisotopic (exact) mass is 329 g/mol. The fraction of sp³-hybridized carbons (Fsp3) is 0.417. The molecule has 1 saturated carbocycles. The van der Waals surface area contributed by atoms with Gasteiger partial charge in [0, 0.05) is 5.41 Å². The van der Waals surface area contributed by atoms with E-state index in [1.54, 1.807) is 0 Å². The lowest BCUT2D eigenvalue weighted by Gasteiger charge is -2.52. The van der Waals surface area contributed by atoms with E-state index in [4.69, 9.17) is 0 Å². The molecule has 25 heavy (non-hydrogen) atoms. The van der Waals surface area contributed by atoms with E-state index in [0.717, 1.165) is 38.5 Å². The maximum atomic E-state index is 11.0. The molecular weight excluding hydrogens is 304 g/mol. The van der Waals surface area contributed by atoms with Crippen molar-refractivity contribution >= 4 is 0 Å². The van der Waals surface area contributed by atoms with Crippen molar-refractivity contribution in [1.29, 1.82) is 0 Å². The van der Waals surface area contributed by atoms with Gasteiger partial charge in [-0.2, -0.15) is 0 Å². The highest BCUT2D eigenvalue weighted by Crippen LogP contribution is 2.54. The molecule has 0 amide bonds. The van der Waals surface area contributed by atoms with E-state index < -0.39 is 5.60 Å². The van der Waals surface area contributed by atoms with Crippen LogP contribution in [-0.2, 0) is 18.3 Å². The summed E-state index contributed by atoms with van der Waals surface area (Å²) in [6.45, 7) is 1.83. The zero-order valence-electron chi connectivity index (χ0n) is 14.9. The third-order valence-corrected chi connectivity index (χ3v) is 6.32. The molecule has 1 nitrogen and oxygen atoms in total. The third kappa shape index (κ3) is 2.90. The van der Waals surface area contributed by atoms with Gasteiger partial charge in [-0.15, -0.1) is 5.92 Å². The van der Waals surface area contributed by atoms with Crippen LogP contribution in [-0.4, -0.2) is 10.7 Å². The van der Waals surface area contributed by atoms with Crippen molar-refractivity contribution in [2.45, 2.75) is 56.5 Å². The Labute approximate surface area is 151 Å². The lowest BCUT2D eigenvalue weighted by molar-refractivity contribution is -0.00801. The summed E-state index contributed by atoms with van der Waals surface area (Å²) >= 11 is 0. The molecular formula is C24H25O. The third-order valence-electron chi connectivity index (χ3n) is 6.32. The van der Waals surface area contributed by atoms with Gasteiger partial charge >= 0.3 is 0 Å². The molecule has 3 unspecified atom stereocenters. The minimum absolute atomic E-state index is 0.117. The molecule has 0 heterocycles. The SMILES string of the molecule is CC#CC1(O)CCC2(Cc3ccccc3)c3cc[c]cc3CCC2C1. The van der Waals surface area contributed by atoms with Crippen LogP contribution >= 0.6 is 0 Å². The maximum absolute atomic E-state index is 11.0. The molecule has 0 aliphatic heterocycles. The molecule has 1 heteroatoms. The van der Waals surface area contributed by atoms with E-state index >= 15 is 0 Å². The van der Waals surface area contributed by atoms with Crippen LogP contribution in [0.4, 0.5) is 0 Å². The van der Waals surface area contributed by atoms with Gasteiger partial charge in [0.2, 0.25) is 0 Å². The van der Waals surface area contributed by atoms with Crippen molar-refractivity contribution in [1.82, 2.24) is 0 Å². The fourth-order valence-electron chi connectivity index (χ4n) is 5.19. The normalized spacial score (nSPS) is 30.6. The van der Waals surface area contributed by atoms with Gasteiger partial charge in [0.1, 0.15) is 5.60 Å². The van der Waals surface area contributed by atoms with Crippen LogP contribution in [0.1, 0.15) is 49.3 Å². The standard InChI is InChI=1S/C24H25O/c1-2-14-23(25)15-16-24(17-19-8-4-3-5-9-19)21(18-23)13-12-20-10-6-7-11-22(20)24/h3-5,7-11,21,25H,12-13,15-18H2,1H3. The Kier molecular flexibility index (Phi) is 4.18. The predicted octanol–water partition coefficient (Wildman–Crippen LogP) is 4.47. The molecule has 4 rings (SSSR count). The second-order valence-corrected chi connectivity index (χ2v) is 7.75. The Hall–Kier alpha value is -2.04. The summed E-state index contributed by atoms with van der Waals surface area (Å²) in [6.07, 6.45) is 5.81. The van der Waals surface area contributed by atoms with Gasteiger partial charge in [0.25, 0.3) is 0 Å². The van der Waals surface area contributed by atoms with Gasteiger partial charge in [0.15, 0.2) is 0 Å². The van der Waals surface area contributed by atoms with Crippen LogP contribution in [0.25, 0.3) is 0 Å². The van der Waals surface area contributed by atoms with Gasteiger partial charge in [-0.1, -0.05) is 54.5 Å². The molecule has 127 valence electrons. The average Bonchev–Trinajstić information content (AvgIpc) is 2.63. The first-order valence-corrected chi connectivity index (χ1v) is 9.35. The summed E-state index contributed by atoms with van der Waals surface area (Å²) in [4.78, 5) is 0. The van der Waals surface area contributed by atoms with E-state index in [0.29, 0.717) is 5.92 Å². The van der Waals surface area contributed by atoms with Crippen molar-refractivity contribution in [3.63, 3.8) is 0 Å². The highest BCUT2D eigenvalue weighted by Gasteiger charge is 2.51. The molecule has 2 aromatic carbocycles. The lowest BCUT2D eigenvalue weighted by atomic mass is 9.53. The topological polar surface area (TPSA) is 20.2 Å². The number of aliphatic hydroxyl groups is 1. The summed E-state index contributed by atoms with van der Waals surface area (Å²) in [5.74, 6) is 6.52. The first kappa shape index (κ1) is 16.4. The van der Waals surface area contributed by atoms with Gasteiger partial charge in [-0.25, -0.2) is 0 Å². The van der Waals surface area contributed by atoms with Crippen LogP contribution in [0.2, 0.25) is 0 Å². The number of rotatable bonds is 2. The highest BCUT2D eigenvalue weighted by atomic mass is 16.3. The second kappa shape index (κ2) is 6.36. The summed E-state index contributed by atoms with van der Waals surface area (Å²) in [6, 6.07) is 20.6. The Morgan fingerprint density at radius 3 is 2.84 bits per heavy atom. The molecule has 3 atom stereocenters.